The summed E-state index contributed by atoms with van der Waals surface area (Å²) < 4.78 is 14.3. The second-order valence-electron chi connectivity index (χ2n) is 9.63. The predicted octanol–water partition coefficient (Wildman–Crippen LogP) is 10.00. The summed E-state index contributed by atoms with van der Waals surface area (Å²) in [5.41, 5.74) is 0.314. The Morgan fingerprint density at radius 2 is 0.955 bits per heavy atom. The number of phenols is 2. The predicted molar refractivity (Wildman–Crippen MR) is 172 cm³/mol. The van der Waals surface area contributed by atoms with E-state index in [1.165, 1.54) is 24.3 Å². The summed E-state index contributed by atoms with van der Waals surface area (Å²) in [5, 5.41) is 46.3. The quantitative estimate of drug-likeness (QED) is 0.123. The lowest BCUT2D eigenvalue weighted by Gasteiger charge is -2.20. The van der Waals surface area contributed by atoms with Gasteiger partial charge in [-0.2, -0.15) is 0 Å². The Morgan fingerprint density at radius 1 is 0.545 bits per heavy atom. The Labute approximate surface area is 265 Å². The third kappa shape index (κ3) is 5.48. The van der Waals surface area contributed by atoms with Crippen LogP contribution in [0.15, 0.2) is 106 Å². The van der Waals surface area contributed by atoms with Gasteiger partial charge in [0.05, 0.1) is 9.85 Å². The van der Waals surface area contributed by atoms with Crippen molar-refractivity contribution in [2.45, 2.75) is 0 Å². The smallest absolute Gasteiger partial charge is 0.310 e. The minimum atomic E-state index is -0.688. The number of ether oxygens (including phenoxy) is 2. The fourth-order valence-corrected chi connectivity index (χ4v) is 5.70. The van der Waals surface area contributed by atoms with Crippen molar-refractivity contribution in [3.8, 4) is 45.6 Å². The Kier molecular flexibility index (Phi) is 7.53. The highest BCUT2D eigenvalue weighted by atomic mass is 79.9. The number of rotatable bonds is 7. The summed E-state index contributed by atoms with van der Waals surface area (Å²) in [6.07, 6.45) is 0. The molecule has 12 heteroatoms. The maximum Gasteiger partial charge on any atom is 0.310 e. The third-order valence-corrected chi connectivity index (χ3v) is 7.87. The lowest BCUT2D eigenvalue weighted by Crippen LogP contribution is -1.96. The normalized spacial score (nSPS) is 11.0. The zero-order valence-corrected chi connectivity index (χ0v) is 25.4. The van der Waals surface area contributed by atoms with Crippen LogP contribution in [0.2, 0.25) is 0 Å². The number of hydrogen-bond donors (Lipinski definition) is 2. The number of halogens is 2. The molecule has 0 amide bonds. The first-order valence-corrected chi connectivity index (χ1v) is 14.4. The molecule has 0 heterocycles. The van der Waals surface area contributed by atoms with Gasteiger partial charge in [0.2, 0.25) is 0 Å². The van der Waals surface area contributed by atoms with Gasteiger partial charge in [-0.1, -0.05) is 56.1 Å². The molecule has 0 aromatic heterocycles. The van der Waals surface area contributed by atoms with E-state index in [9.17, 15) is 30.4 Å². The first-order valence-electron chi connectivity index (χ1n) is 12.8. The zero-order chi connectivity index (χ0) is 31.1. The van der Waals surface area contributed by atoms with E-state index in [1.807, 2.05) is 48.5 Å². The zero-order valence-electron chi connectivity index (χ0n) is 22.2. The average Bonchev–Trinajstić information content (AvgIpc) is 2.97. The molecule has 0 aliphatic heterocycles. The second-order valence-corrected chi connectivity index (χ2v) is 11.5. The summed E-state index contributed by atoms with van der Waals surface area (Å²) in [6.45, 7) is 0. The third-order valence-electron chi connectivity index (χ3n) is 6.88. The van der Waals surface area contributed by atoms with E-state index in [0.29, 0.717) is 22.6 Å². The van der Waals surface area contributed by atoms with Gasteiger partial charge in [0, 0.05) is 44.3 Å². The highest BCUT2D eigenvalue weighted by Crippen LogP contribution is 2.49. The molecule has 10 nitrogen and oxygen atoms in total. The van der Waals surface area contributed by atoms with Crippen LogP contribution in [-0.2, 0) is 0 Å². The van der Waals surface area contributed by atoms with E-state index in [1.54, 1.807) is 12.1 Å². The minimum Gasteiger partial charge on any atom is -0.502 e. The van der Waals surface area contributed by atoms with Gasteiger partial charge in [0.15, 0.2) is 11.5 Å². The molecule has 6 aromatic carbocycles. The van der Waals surface area contributed by atoms with Crippen molar-refractivity contribution in [3.05, 3.63) is 126 Å². The van der Waals surface area contributed by atoms with Crippen LogP contribution in [0.4, 0.5) is 11.4 Å². The van der Waals surface area contributed by atoms with Gasteiger partial charge in [-0.3, -0.25) is 20.2 Å². The molecule has 0 radical (unpaired) electrons. The summed E-state index contributed by atoms with van der Waals surface area (Å²) in [4.78, 5) is 21.1. The molecule has 0 saturated heterocycles. The molecule has 6 rings (SSSR count). The molecule has 0 spiro atoms. The molecular formula is C32H18Br2N2O8. The van der Waals surface area contributed by atoms with Gasteiger partial charge in [0.1, 0.15) is 23.0 Å². The fraction of sp³-hybridized carbons (Fsp3) is 0. The second kappa shape index (κ2) is 11.5. The fourth-order valence-electron chi connectivity index (χ4n) is 4.94. The Balaban J connectivity index is 1.61. The maximum atomic E-state index is 11.2. The number of nitro benzene ring substituents is 2. The SMILES string of the molecule is O=[N+]([O-])c1ccc(Oc2ccc3cc(Br)ccc3c2-c2c(Oc3ccc([N+](=O)[O-])c(O)c3)ccc3cc(Br)ccc23)cc1O. The van der Waals surface area contributed by atoms with Crippen LogP contribution >= 0.6 is 31.9 Å². The van der Waals surface area contributed by atoms with Crippen LogP contribution in [0.5, 0.6) is 34.5 Å². The van der Waals surface area contributed by atoms with E-state index < -0.39 is 32.7 Å². The monoisotopic (exact) mass is 716 g/mol. The van der Waals surface area contributed by atoms with Gasteiger partial charge in [0.25, 0.3) is 0 Å². The van der Waals surface area contributed by atoms with Crippen molar-refractivity contribution in [2.24, 2.45) is 0 Å². The van der Waals surface area contributed by atoms with Crippen LogP contribution in [0.1, 0.15) is 0 Å². The standard InChI is InChI=1S/C32H18Br2N2O8/c33-19-3-7-23-17(13-19)1-11-29(43-21-5-9-25(35(39)40)27(37)15-21)31(23)32-24-8-4-20(34)14-18(24)2-12-30(32)44-22-6-10-26(36(41)42)28(38)16-22/h1-16,37-38H. The highest BCUT2D eigenvalue weighted by Gasteiger charge is 2.22. The molecule has 6 aromatic rings. The van der Waals surface area contributed by atoms with E-state index >= 15 is 0 Å². The van der Waals surface area contributed by atoms with Gasteiger partial charge < -0.3 is 19.7 Å². The summed E-state index contributed by atoms with van der Waals surface area (Å²) in [5.74, 6) is -0.0422. The van der Waals surface area contributed by atoms with Crippen molar-refractivity contribution in [3.63, 3.8) is 0 Å². The first-order chi connectivity index (χ1) is 21.1. The van der Waals surface area contributed by atoms with Crippen molar-refractivity contribution in [1.29, 1.82) is 0 Å². The number of aromatic hydroxyl groups is 2. The van der Waals surface area contributed by atoms with Crippen molar-refractivity contribution in [1.82, 2.24) is 0 Å². The molecule has 0 atom stereocenters. The Morgan fingerprint density at radius 3 is 1.32 bits per heavy atom. The summed E-state index contributed by atoms with van der Waals surface area (Å²) in [6, 6.07) is 26.1. The Bertz CT molecular complexity index is 2000. The first kappa shape index (κ1) is 28.9. The van der Waals surface area contributed by atoms with Crippen molar-refractivity contribution < 1.29 is 29.5 Å². The Hall–Kier alpha value is -5.20. The molecule has 0 fully saturated rings. The number of nitrogens with zero attached hydrogens (tertiary/aromatic N) is 2. The molecule has 218 valence electrons. The molecular weight excluding hydrogens is 700 g/mol. The molecule has 2 N–H and O–H groups in total. The minimum absolute atomic E-state index is 0.163. The molecule has 0 aliphatic rings. The van der Waals surface area contributed by atoms with Crippen molar-refractivity contribution >= 4 is 64.8 Å². The van der Waals surface area contributed by atoms with Gasteiger partial charge in [-0.25, -0.2) is 0 Å². The van der Waals surface area contributed by atoms with E-state index in [0.717, 1.165) is 42.6 Å². The van der Waals surface area contributed by atoms with E-state index in [2.05, 4.69) is 31.9 Å². The van der Waals surface area contributed by atoms with Crippen LogP contribution in [0.3, 0.4) is 0 Å². The van der Waals surface area contributed by atoms with Crippen LogP contribution in [0.25, 0.3) is 32.7 Å². The topological polar surface area (TPSA) is 145 Å². The number of phenolic OH excluding ortho intramolecular Hbond substituents is 2. The summed E-state index contributed by atoms with van der Waals surface area (Å²) >= 11 is 7.05. The van der Waals surface area contributed by atoms with Crippen molar-refractivity contribution in [2.75, 3.05) is 0 Å². The largest absolute Gasteiger partial charge is 0.502 e. The summed E-state index contributed by atoms with van der Waals surface area (Å²) in [7, 11) is 0. The molecule has 44 heavy (non-hydrogen) atoms. The molecule has 0 bridgehead atoms. The highest BCUT2D eigenvalue weighted by molar-refractivity contribution is 9.10. The van der Waals surface area contributed by atoms with Crippen LogP contribution in [-0.4, -0.2) is 20.1 Å². The molecule has 0 aliphatic carbocycles. The lowest BCUT2D eigenvalue weighted by molar-refractivity contribution is -0.386. The van der Waals surface area contributed by atoms with Crippen LogP contribution in [0, 0.1) is 20.2 Å². The average molecular weight is 718 g/mol. The van der Waals surface area contributed by atoms with E-state index in [-0.39, 0.29) is 11.5 Å². The number of benzene rings is 6. The van der Waals surface area contributed by atoms with Crippen LogP contribution < -0.4 is 9.47 Å². The number of nitro groups is 2. The maximum absolute atomic E-state index is 11.2. The number of hydrogen-bond acceptors (Lipinski definition) is 8. The number of fused-ring (bicyclic) bond motifs is 2. The van der Waals surface area contributed by atoms with Gasteiger partial charge in [-0.15, -0.1) is 0 Å². The lowest BCUT2D eigenvalue weighted by atomic mass is 9.92. The molecule has 0 saturated carbocycles. The van der Waals surface area contributed by atoms with Gasteiger partial charge in [-0.05, 0) is 70.1 Å². The molecule has 0 unspecified atom stereocenters. The van der Waals surface area contributed by atoms with Gasteiger partial charge >= 0.3 is 11.4 Å². The van der Waals surface area contributed by atoms with E-state index in [4.69, 9.17) is 9.47 Å².